The van der Waals surface area contributed by atoms with Gasteiger partial charge in [0, 0.05) is 24.3 Å². The maximum absolute atomic E-state index is 14.0. The summed E-state index contributed by atoms with van der Waals surface area (Å²) in [5.41, 5.74) is 1.42. The smallest absolute Gasteiger partial charge is 0.321 e. The van der Waals surface area contributed by atoms with Crippen LogP contribution >= 0.6 is 11.3 Å². The topological polar surface area (TPSA) is 45.2 Å². The lowest BCUT2D eigenvalue weighted by Gasteiger charge is -2.16. The lowest BCUT2D eigenvalue weighted by atomic mass is 10.2. The second-order valence-corrected chi connectivity index (χ2v) is 6.96. The molecule has 0 unspecified atom stereocenters. The molecule has 2 aromatic carbocycles. The van der Waals surface area contributed by atoms with Gasteiger partial charge in [-0.1, -0.05) is 6.07 Å². The third kappa shape index (κ3) is 3.07. The molecule has 3 aromatic rings. The highest BCUT2D eigenvalue weighted by Gasteiger charge is 2.18. The van der Waals surface area contributed by atoms with Crippen molar-refractivity contribution in [1.82, 2.24) is 9.88 Å². The molecule has 1 N–H and O–H groups in total. The average Bonchev–Trinajstić information content (AvgIpc) is 3.26. The van der Waals surface area contributed by atoms with Crippen molar-refractivity contribution in [1.29, 1.82) is 0 Å². The minimum atomic E-state index is -0.899. The molecule has 0 atom stereocenters. The number of carbonyl (C=O) groups is 1. The van der Waals surface area contributed by atoms with Crippen LogP contribution in [0.4, 0.5) is 19.3 Å². The van der Waals surface area contributed by atoms with E-state index >= 15 is 0 Å². The number of anilines is 1. The molecule has 4 nitrogen and oxygen atoms in total. The molecule has 2 heterocycles. The number of nitrogens with zero attached hydrogens (tertiary/aromatic N) is 2. The second kappa shape index (κ2) is 6.40. The molecule has 0 aliphatic carbocycles. The lowest BCUT2D eigenvalue weighted by molar-refractivity contribution is 0.222. The van der Waals surface area contributed by atoms with Gasteiger partial charge in [0.25, 0.3) is 0 Å². The number of hydrogen-bond acceptors (Lipinski definition) is 3. The Labute approximate surface area is 147 Å². The summed E-state index contributed by atoms with van der Waals surface area (Å²) in [4.78, 5) is 18.3. The van der Waals surface area contributed by atoms with E-state index < -0.39 is 11.6 Å². The summed E-state index contributed by atoms with van der Waals surface area (Å²) >= 11 is 1.29. The minimum Gasteiger partial charge on any atom is -0.325 e. The van der Waals surface area contributed by atoms with Crippen LogP contribution in [-0.4, -0.2) is 29.0 Å². The van der Waals surface area contributed by atoms with Gasteiger partial charge in [0.1, 0.15) is 5.01 Å². The number of thiazole rings is 1. The van der Waals surface area contributed by atoms with Crippen LogP contribution in [0, 0.1) is 11.6 Å². The largest absolute Gasteiger partial charge is 0.325 e. The van der Waals surface area contributed by atoms with Gasteiger partial charge >= 0.3 is 6.03 Å². The quantitative estimate of drug-likeness (QED) is 0.709. The van der Waals surface area contributed by atoms with Crippen molar-refractivity contribution in [3.05, 3.63) is 48.0 Å². The zero-order chi connectivity index (χ0) is 17.4. The van der Waals surface area contributed by atoms with Gasteiger partial charge in [-0.05, 0) is 43.2 Å². The van der Waals surface area contributed by atoms with Gasteiger partial charge in [-0.3, -0.25) is 0 Å². The molecule has 1 aromatic heterocycles. The van der Waals surface area contributed by atoms with Gasteiger partial charge in [0.2, 0.25) is 0 Å². The Morgan fingerprint density at radius 2 is 1.96 bits per heavy atom. The summed E-state index contributed by atoms with van der Waals surface area (Å²) in [5, 5.41) is 3.28. The molecule has 0 saturated carbocycles. The minimum absolute atomic E-state index is 0.122. The number of likely N-dealkylation sites (tertiary alicyclic amines) is 1. The molecule has 4 rings (SSSR count). The number of rotatable bonds is 2. The second-order valence-electron chi connectivity index (χ2n) is 5.93. The van der Waals surface area contributed by atoms with Crippen molar-refractivity contribution in [3.8, 4) is 10.6 Å². The number of urea groups is 1. The van der Waals surface area contributed by atoms with E-state index in [1.165, 1.54) is 23.5 Å². The summed E-state index contributed by atoms with van der Waals surface area (Å²) in [6.07, 6.45) is 2.06. The predicted octanol–water partition coefficient (Wildman–Crippen LogP) is 4.87. The molecule has 1 saturated heterocycles. The Bertz CT molecular complexity index is 951. The molecule has 0 bridgehead atoms. The third-order valence-corrected chi connectivity index (χ3v) is 5.28. The molecular formula is C18H15F2N3OS. The molecule has 1 fully saturated rings. The molecule has 2 amide bonds. The molecule has 0 spiro atoms. The molecule has 1 aliphatic heterocycles. The van der Waals surface area contributed by atoms with E-state index in [2.05, 4.69) is 10.3 Å². The summed E-state index contributed by atoms with van der Waals surface area (Å²) in [7, 11) is 0. The van der Waals surface area contributed by atoms with Gasteiger partial charge in [0.05, 0.1) is 10.2 Å². The highest BCUT2D eigenvalue weighted by molar-refractivity contribution is 7.21. The molecular weight excluding hydrogens is 344 g/mol. The summed E-state index contributed by atoms with van der Waals surface area (Å²) in [5.74, 6) is -1.79. The van der Waals surface area contributed by atoms with Gasteiger partial charge in [-0.25, -0.2) is 18.6 Å². The first-order valence-electron chi connectivity index (χ1n) is 8.03. The van der Waals surface area contributed by atoms with Gasteiger partial charge < -0.3 is 10.2 Å². The van der Waals surface area contributed by atoms with Crippen LogP contribution < -0.4 is 5.32 Å². The predicted molar refractivity (Wildman–Crippen MR) is 94.8 cm³/mol. The van der Waals surface area contributed by atoms with E-state index in [9.17, 15) is 13.6 Å². The fourth-order valence-electron chi connectivity index (χ4n) is 2.91. The summed E-state index contributed by atoms with van der Waals surface area (Å²) in [6.45, 7) is 1.54. The Hall–Kier alpha value is -2.54. The number of hydrogen-bond donors (Lipinski definition) is 1. The van der Waals surface area contributed by atoms with Crippen LogP contribution in [0.3, 0.4) is 0 Å². The van der Waals surface area contributed by atoms with E-state index in [0.29, 0.717) is 16.2 Å². The highest BCUT2D eigenvalue weighted by Crippen LogP contribution is 2.33. The Morgan fingerprint density at radius 3 is 2.76 bits per heavy atom. The monoisotopic (exact) mass is 359 g/mol. The standard InChI is InChI=1S/C18H15F2N3OS/c19-13-5-3-4-12(16(13)20)17-22-14-10-11(6-7-15(14)25-17)21-18(24)23-8-1-2-9-23/h3-7,10H,1-2,8-9H2,(H,21,24). The van der Waals surface area contributed by atoms with Crippen molar-refractivity contribution in [2.75, 3.05) is 18.4 Å². The summed E-state index contributed by atoms with van der Waals surface area (Å²) in [6, 6.07) is 9.29. The van der Waals surface area contributed by atoms with Gasteiger partial charge in [-0.15, -0.1) is 11.3 Å². The first kappa shape index (κ1) is 16.0. The number of nitrogens with one attached hydrogen (secondary N) is 1. The molecule has 25 heavy (non-hydrogen) atoms. The van der Waals surface area contributed by atoms with E-state index in [0.717, 1.165) is 36.7 Å². The van der Waals surface area contributed by atoms with Crippen LogP contribution in [0.25, 0.3) is 20.8 Å². The maximum atomic E-state index is 14.0. The third-order valence-electron chi connectivity index (χ3n) is 4.21. The average molecular weight is 359 g/mol. The molecule has 7 heteroatoms. The number of amides is 2. The van der Waals surface area contributed by atoms with Crippen molar-refractivity contribution >= 4 is 33.3 Å². The van der Waals surface area contributed by atoms with Crippen LogP contribution in [0.1, 0.15) is 12.8 Å². The molecule has 128 valence electrons. The first-order valence-corrected chi connectivity index (χ1v) is 8.84. The number of carbonyl (C=O) groups excluding carboxylic acids is 1. The number of halogens is 2. The lowest BCUT2D eigenvalue weighted by Crippen LogP contribution is -2.32. The fraction of sp³-hybridized carbons (Fsp3) is 0.222. The summed E-state index contributed by atoms with van der Waals surface area (Å²) < 4.78 is 28.2. The van der Waals surface area contributed by atoms with Crippen molar-refractivity contribution in [2.24, 2.45) is 0 Å². The Morgan fingerprint density at radius 1 is 1.16 bits per heavy atom. The van der Waals surface area contributed by atoms with E-state index in [-0.39, 0.29) is 11.6 Å². The van der Waals surface area contributed by atoms with Gasteiger partial charge in [-0.2, -0.15) is 0 Å². The van der Waals surface area contributed by atoms with E-state index in [4.69, 9.17) is 0 Å². The van der Waals surface area contributed by atoms with Crippen molar-refractivity contribution in [3.63, 3.8) is 0 Å². The SMILES string of the molecule is O=C(Nc1ccc2sc(-c3cccc(F)c3F)nc2c1)N1CCCC1. The molecule has 0 radical (unpaired) electrons. The Kier molecular flexibility index (Phi) is 4.09. The van der Waals surface area contributed by atoms with Crippen molar-refractivity contribution in [2.45, 2.75) is 12.8 Å². The van der Waals surface area contributed by atoms with Crippen LogP contribution in [0.2, 0.25) is 0 Å². The van der Waals surface area contributed by atoms with Crippen LogP contribution in [0.15, 0.2) is 36.4 Å². The van der Waals surface area contributed by atoms with E-state index in [1.54, 1.807) is 17.0 Å². The number of aromatic nitrogens is 1. The molecule has 1 aliphatic rings. The fourth-order valence-corrected chi connectivity index (χ4v) is 3.88. The normalized spacial score (nSPS) is 14.2. The number of fused-ring (bicyclic) bond motifs is 1. The van der Waals surface area contributed by atoms with Crippen LogP contribution in [0.5, 0.6) is 0 Å². The van der Waals surface area contributed by atoms with E-state index in [1.807, 2.05) is 6.07 Å². The number of benzene rings is 2. The Balaban J connectivity index is 1.63. The maximum Gasteiger partial charge on any atom is 0.321 e. The zero-order valence-corrected chi connectivity index (χ0v) is 14.1. The first-order chi connectivity index (χ1) is 12.1. The highest BCUT2D eigenvalue weighted by atomic mass is 32.1. The van der Waals surface area contributed by atoms with Crippen molar-refractivity contribution < 1.29 is 13.6 Å². The van der Waals surface area contributed by atoms with Gasteiger partial charge in [0.15, 0.2) is 11.6 Å². The van der Waals surface area contributed by atoms with Crippen LogP contribution in [-0.2, 0) is 0 Å². The zero-order valence-electron chi connectivity index (χ0n) is 13.3.